The van der Waals surface area contributed by atoms with Crippen LogP contribution < -0.4 is 9.88 Å². The Balaban J connectivity index is 2.32. The molecule has 1 aromatic rings. The first-order valence-corrected chi connectivity index (χ1v) is 6.89. The molecular formula is C11H15NO4S. The van der Waals surface area contributed by atoms with Crippen molar-refractivity contribution in [1.82, 2.24) is 0 Å². The molecule has 2 rings (SSSR count). The van der Waals surface area contributed by atoms with E-state index in [1.165, 1.54) is 6.07 Å². The summed E-state index contributed by atoms with van der Waals surface area (Å²) in [5.74, 6) is 0.300. The monoisotopic (exact) mass is 257 g/mol. The summed E-state index contributed by atoms with van der Waals surface area (Å²) in [4.78, 5) is 0.0319. The molecule has 1 aliphatic rings. The van der Waals surface area contributed by atoms with Gasteiger partial charge in [0, 0.05) is 6.42 Å². The highest BCUT2D eigenvalue weighted by molar-refractivity contribution is 7.89. The minimum atomic E-state index is -3.76. The van der Waals surface area contributed by atoms with E-state index in [1.807, 2.05) is 0 Å². The fourth-order valence-corrected chi connectivity index (χ4v) is 2.47. The molecule has 1 fully saturated rings. The standard InChI is InChI=1S/C11H15NO4S/c1-8-2-3-10(11(6-8)17(12,13)14)16-9-4-5-15-7-9/h2-3,6,9H,4-5,7H2,1H3,(H2,12,13,14). The van der Waals surface area contributed by atoms with E-state index in [2.05, 4.69) is 0 Å². The summed E-state index contributed by atoms with van der Waals surface area (Å²) in [6, 6.07) is 4.94. The van der Waals surface area contributed by atoms with E-state index in [4.69, 9.17) is 14.6 Å². The molecule has 1 aromatic carbocycles. The Morgan fingerprint density at radius 3 is 2.82 bits per heavy atom. The van der Waals surface area contributed by atoms with E-state index in [9.17, 15) is 8.42 Å². The van der Waals surface area contributed by atoms with Crippen molar-refractivity contribution in [3.05, 3.63) is 23.8 Å². The molecule has 0 bridgehead atoms. The Morgan fingerprint density at radius 2 is 2.24 bits per heavy atom. The smallest absolute Gasteiger partial charge is 0.241 e. The number of hydrogen-bond donors (Lipinski definition) is 1. The zero-order chi connectivity index (χ0) is 12.5. The van der Waals surface area contributed by atoms with Gasteiger partial charge in [-0.05, 0) is 24.6 Å². The van der Waals surface area contributed by atoms with E-state index < -0.39 is 10.0 Å². The molecule has 0 spiro atoms. The van der Waals surface area contributed by atoms with Crippen molar-refractivity contribution in [3.8, 4) is 5.75 Å². The van der Waals surface area contributed by atoms with Crippen molar-refractivity contribution < 1.29 is 17.9 Å². The lowest BCUT2D eigenvalue weighted by atomic mass is 10.2. The van der Waals surface area contributed by atoms with Gasteiger partial charge < -0.3 is 9.47 Å². The third kappa shape index (κ3) is 2.96. The molecule has 94 valence electrons. The first-order chi connectivity index (χ1) is 7.97. The molecule has 0 amide bonds. The number of ether oxygens (including phenoxy) is 2. The van der Waals surface area contributed by atoms with Gasteiger partial charge in [0.05, 0.1) is 13.2 Å². The molecule has 0 radical (unpaired) electrons. The fraction of sp³-hybridized carbons (Fsp3) is 0.455. The molecule has 5 nitrogen and oxygen atoms in total. The number of aryl methyl sites for hydroxylation is 1. The van der Waals surface area contributed by atoms with Crippen LogP contribution in [-0.4, -0.2) is 27.7 Å². The number of nitrogens with two attached hydrogens (primary N) is 1. The van der Waals surface area contributed by atoms with E-state index in [0.717, 1.165) is 12.0 Å². The predicted octanol–water partition coefficient (Wildman–Crippen LogP) is 0.810. The van der Waals surface area contributed by atoms with Gasteiger partial charge in [-0.1, -0.05) is 6.07 Å². The van der Waals surface area contributed by atoms with Crippen LogP contribution >= 0.6 is 0 Å². The van der Waals surface area contributed by atoms with Crippen molar-refractivity contribution in [1.29, 1.82) is 0 Å². The molecule has 1 aliphatic heterocycles. The molecule has 0 saturated carbocycles. The predicted molar refractivity (Wildman–Crippen MR) is 62.4 cm³/mol. The van der Waals surface area contributed by atoms with E-state index in [1.54, 1.807) is 19.1 Å². The lowest BCUT2D eigenvalue weighted by molar-refractivity contribution is 0.139. The number of benzene rings is 1. The van der Waals surface area contributed by atoms with Crippen LogP contribution in [0.2, 0.25) is 0 Å². The van der Waals surface area contributed by atoms with Gasteiger partial charge in [0.2, 0.25) is 10.0 Å². The molecule has 1 unspecified atom stereocenters. The molecule has 1 atom stereocenters. The molecule has 17 heavy (non-hydrogen) atoms. The quantitative estimate of drug-likeness (QED) is 0.869. The Labute approximate surface area is 101 Å². The van der Waals surface area contributed by atoms with Crippen molar-refractivity contribution in [2.45, 2.75) is 24.3 Å². The summed E-state index contributed by atoms with van der Waals surface area (Å²) < 4.78 is 33.7. The summed E-state index contributed by atoms with van der Waals surface area (Å²) in [6.07, 6.45) is 0.663. The molecular weight excluding hydrogens is 242 g/mol. The highest BCUT2D eigenvalue weighted by atomic mass is 32.2. The zero-order valence-electron chi connectivity index (χ0n) is 9.55. The van der Waals surface area contributed by atoms with Crippen LogP contribution in [0.4, 0.5) is 0 Å². The van der Waals surface area contributed by atoms with Crippen LogP contribution in [0.25, 0.3) is 0 Å². The maximum Gasteiger partial charge on any atom is 0.241 e. The first-order valence-electron chi connectivity index (χ1n) is 5.34. The molecule has 0 aliphatic carbocycles. The van der Waals surface area contributed by atoms with Gasteiger partial charge in [-0.3, -0.25) is 0 Å². The normalized spacial score (nSPS) is 20.5. The fourth-order valence-electron chi connectivity index (χ4n) is 1.72. The lowest BCUT2D eigenvalue weighted by Crippen LogP contribution is -2.19. The van der Waals surface area contributed by atoms with Gasteiger partial charge in [0.15, 0.2) is 0 Å². The van der Waals surface area contributed by atoms with Crippen LogP contribution in [0.1, 0.15) is 12.0 Å². The molecule has 0 aromatic heterocycles. The Bertz CT molecular complexity index is 506. The van der Waals surface area contributed by atoms with Crippen molar-refractivity contribution in [2.24, 2.45) is 5.14 Å². The van der Waals surface area contributed by atoms with Crippen molar-refractivity contribution >= 4 is 10.0 Å². The third-order valence-electron chi connectivity index (χ3n) is 2.59. The van der Waals surface area contributed by atoms with Crippen LogP contribution in [0.5, 0.6) is 5.75 Å². The van der Waals surface area contributed by atoms with E-state index in [-0.39, 0.29) is 11.0 Å². The minimum Gasteiger partial charge on any atom is -0.487 e. The Morgan fingerprint density at radius 1 is 1.47 bits per heavy atom. The van der Waals surface area contributed by atoms with Gasteiger partial charge in [0.25, 0.3) is 0 Å². The van der Waals surface area contributed by atoms with Crippen LogP contribution in [0.3, 0.4) is 0 Å². The van der Waals surface area contributed by atoms with Gasteiger partial charge in [-0.25, -0.2) is 13.6 Å². The number of hydrogen-bond acceptors (Lipinski definition) is 4. The Kier molecular flexibility index (Phi) is 3.37. The second kappa shape index (κ2) is 4.64. The van der Waals surface area contributed by atoms with Gasteiger partial charge in [-0.15, -0.1) is 0 Å². The summed E-state index contributed by atoms with van der Waals surface area (Å²) in [5, 5.41) is 5.16. The van der Waals surface area contributed by atoms with Crippen molar-refractivity contribution in [2.75, 3.05) is 13.2 Å². The van der Waals surface area contributed by atoms with Crippen LogP contribution in [-0.2, 0) is 14.8 Å². The highest BCUT2D eigenvalue weighted by Gasteiger charge is 2.21. The summed E-state index contributed by atoms with van der Waals surface area (Å²) in [5.41, 5.74) is 0.823. The van der Waals surface area contributed by atoms with Gasteiger partial charge in [0.1, 0.15) is 16.7 Å². The summed E-state index contributed by atoms with van der Waals surface area (Å²) in [7, 11) is -3.76. The molecule has 1 heterocycles. The highest BCUT2D eigenvalue weighted by Crippen LogP contribution is 2.26. The minimum absolute atomic E-state index is 0.0319. The second-order valence-electron chi connectivity index (χ2n) is 4.10. The second-order valence-corrected chi connectivity index (χ2v) is 5.63. The lowest BCUT2D eigenvalue weighted by Gasteiger charge is -2.15. The average molecular weight is 257 g/mol. The zero-order valence-corrected chi connectivity index (χ0v) is 10.4. The third-order valence-corrected chi connectivity index (χ3v) is 3.52. The molecule has 6 heteroatoms. The number of rotatable bonds is 3. The van der Waals surface area contributed by atoms with Gasteiger partial charge >= 0.3 is 0 Å². The maximum atomic E-state index is 11.4. The van der Waals surface area contributed by atoms with Crippen LogP contribution in [0, 0.1) is 6.92 Å². The average Bonchev–Trinajstić information content (AvgIpc) is 2.72. The Hall–Kier alpha value is -1.11. The van der Waals surface area contributed by atoms with Crippen LogP contribution in [0.15, 0.2) is 23.1 Å². The number of sulfonamides is 1. The maximum absolute atomic E-state index is 11.4. The topological polar surface area (TPSA) is 78.6 Å². The summed E-state index contributed by atoms with van der Waals surface area (Å²) in [6.45, 7) is 2.93. The first kappa shape index (κ1) is 12.3. The van der Waals surface area contributed by atoms with E-state index in [0.29, 0.717) is 19.0 Å². The summed E-state index contributed by atoms with van der Waals surface area (Å²) >= 11 is 0. The van der Waals surface area contributed by atoms with Crippen molar-refractivity contribution in [3.63, 3.8) is 0 Å². The number of primary sulfonamides is 1. The largest absolute Gasteiger partial charge is 0.487 e. The van der Waals surface area contributed by atoms with Gasteiger partial charge in [-0.2, -0.15) is 0 Å². The molecule has 1 saturated heterocycles. The SMILES string of the molecule is Cc1ccc(OC2CCOC2)c(S(N)(=O)=O)c1. The van der Waals surface area contributed by atoms with E-state index >= 15 is 0 Å². The molecule has 2 N–H and O–H groups in total.